The minimum Gasteiger partial charge on any atom is -0.390 e. The lowest BCUT2D eigenvalue weighted by Crippen LogP contribution is -2.67. The van der Waals surface area contributed by atoms with E-state index >= 15 is 0 Å². The van der Waals surface area contributed by atoms with E-state index in [0.717, 1.165) is 32.1 Å². The summed E-state index contributed by atoms with van der Waals surface area (Å²) in [6, 6.07) is 6.19. The number of amides is 3. The zero-order valence-electron chi connectivity index (χ0n) is 13.6. The number of aliphatic hydroxyl groups is 1. The average Bonchev–Trinajstić information content (AvgIpc) is 2.44. The highest BCUT2D eigenvalue weighted by Gasteiger charge is 2.60. The Labute approximate surface area is 140 Å². The Kier molecular flexibility index (Phi) is 3.19. The number of rotatable bonds is 3. The number of hydrogen-bond donors (Lipinski definition) is 3. The van der Waals surface area contributed by atoms with Crippen molar-refractivity contribution in [1.82, 2.24) is 0 Å². The Bertz CT molecular complexity index is 703. The fraction of sp³-hybridized carbons (Fsp3) is 0.556. The van der Waals surface area contributed by atoms with Crippen LogP contribution >= 0.6 is 0 Å². The first kappa shape index (κ1) is 15.4. The first-order chi connectivity index (χ1) is 11.3. The molecule has 3 amide bonds. The molecule has 4 aliphatic carbocycles. The number of carbonyl (C=O) groups excluding carboxylic acids is 2. The van der Waals surface area contributed by atoms with E-state index in [1.54, 1.807) is 29.2 Å². The molecule has 5 rings (SSSR count). The minimum absolute atomic E-state index is 0.349. The number of hydrogen-bond acceptors (Lipinski definition) is 3. The van der Waals surface area contributed by atoms with Gasteiger partial charge in [0.2, 0.25) is 5.91 Å². The number of carbonyl (C=O) groups is 2. The number of nitrogens with two attached hydrogens (primary N) is 2. The van der Waals surface area contributed by atoms with E-state index in [4.69, 9.17) is 11.5 Å². The molecule has 0 aromatic heterocycles. The molecule has 1 aromatic carbocycles. The molecule has 4 saturated carbocycles. The van der Waals surface area contributed by atoms with Gasteiger partial charge in [0, 0.05) is 11.3 Å². The average molecular weight is 329 g/mol. The molecule has 128 valence electrons. The highest BCUT2D eigenvalue weighted by Crippen LogP contribution is 2.60. The van der Waals surface area contributed by atoms with E-state index in [2.05, 4.69) is 0 Å². The molecular formula is C18H23N3O3. The third-order valence-electron chi connectivity index (χ3n) is 6.08. The lowest BCUT2D eigenvalue weighted by atomic mass is 9.50. The molecule has 0 heterocycles. The highest BCUT2D eigenvalue weighted by atomic mass is 16.3. The maximum absolute atomic E-state index is 12.4. The van der Waals surface area contributed by atoms with Crippen LogP contribution in [0.4, 0.5) is 10.5 Å². The summed E-state index contributed by atoms with van der Waals surface area (Å²) in [4.78, 5) is 25.5. The standard InChI is InChI=1S/C18H23N3O3/c19-15(22)13-2-1-3-14(5-13)21(16(20)23)17-6-11-4-12(7-17)9-18(24,8-11)10-17/h1-3,5,11-12,24H,4,6-10H2,(H2,19,22)(H2,20,23). The molecule has 6 nitrogen and oxygen atoms in total. The lowest BCUT2D eigenvalue weighted by Gasteiger charge is -2.62. The van der Waals surface area contributed by atoms with Crippen LogP contribution in [0.15, 0.2) is 24.3 Å². The predicted molar refractivity (Wildman–Crippen MR) is 89.4 cm³/mol. The van der Waals surface area contributed by atoms with Crippen LogP contribution in [0, 0.1) is 11.8 Å². The Morgan fingerprint density at radius 2 is 1.79 bits per heavy atom. The number of primary amides is 2. The van der Waals surface area contributed by atoms with E-state index < -0.39 is 23.1 Å². The van der Waals surface area contributed by atoms with Gasteiger partial charge in [0.25, 0.3) is 0 Å². The van der Waals surface area contributed by atoms with Gasteiger partial charge in [-0.2, -0.15) is 0 Å². The second-order valence-electron chi connectivity index (χ2n) is 8.00. The summed E-state index contributed by atoms with van der Waals surface area (Å²) in [5, 5.41) is 10.9. The topological polar surface area (TPSA) is 110 Å². The van der Waals surface area contributed by atoms with Gasteiger partial charge in [-0.3, -0.25) is 9.69 Å². The molecule has 5 N–H and O–H groups in total. The summed E-state index contributed by atoms with van der Waals surface area (Å²) in [7, 11) is 0. The predicted octanol–water partition coefficient (Wildman–Crippen LogP) is 1.75. The summed E-state index contributed by atoms with van der Waals surface area (Å²) in [6.07, 6.45) is 5.03. The van der Waals surface area contributed by atoms with Crippen LogP contribution in [0.1, 0.15) is 48.9 Å². The lowest BCUT2D eigenvalue weighted by molar-refractivity contribution is -0.132. The second kappa shape index (κ2) is 4.96. The van der Waals surface area contributed by atoms with Gasteiger partial charge < -0.3 is 16.6 Å². The number of nitrogens with zero attached hydrogens (tertiary/aromatic N) is 1. The van der Waals surface area contributed by atoms with Crippen molar-refractivity contribution in [3.8, 4) is 0 Å². The molecule has 1 aromatic rings. The van der Waals surface area contributed by atoms with Crippen molar-refractivity contribution in [2.24, 2.45) is 23.3 Å². The Morgan fingerprint density at radius 3 is 2.33 bits per heavy atom. The molecular weight excluding hydrogens is 306 g/mol. The van der Waals surface area contributed by atoms with Crippen molar-refractivity contribution >= 4 is 17.6 Å². The van der Waals surface area contributed by atoms with Gasteiger partial charge in [-0.15, -0.1) is 0 Å². The van der Waals surface area contributed by atoms with Crippen LogP contribution in [0.2, 0.25) is 0 Å². The summed E-state index contributed by atoms with van der Waals surface area (Å²) in [5.41, 5.74) is 10.9. The van der Waals surface area contributed by atoms with Crippen molar-refractivity contribution in [2.45, 2.75) is 49.7 Å². The molecule has 6 heteroatoms. The molecule has 4 bridgehead atoms. The van der Waals surface area contributed by atoms with Gasteiger partial charge in [-0.1, -0.05) is 6.07 Å². The van der Waals surface area contributed by atoms with Crippen LogP contribution in [-0.2, 0) is 0 Å². The van der Waals surface area contributed by atoms with Gasteiger partial charge in [0.05, 0.1) is 11.1 Å². The molecule has 4 aliphatic rings. The summed E-state index contributed by atoms with van der Waals surface area (Å²) in [5.74, 6) is 0.320. The molecule has 0 aliphatic heterocycles. The van der Waals surface area contributed by atoms with Crippen molar-refractivity contribution in [2.75, 3.05) is 4.90 Å². The zero-order valence-corrected chi connectivity index (χ0v) is 13.6. The molecule has 2 atom stereocenters. The maximum atomic E-state index is 12.4. The maximum Gasteiger partial charge on any atom is 0.319 e. The molecule has 0 saturated heterocycles. The van der Waals surface area contributed by atoms with Gasteiger partial charge in [-0.05, 0) is 68.6 Å². The molecule has 0 radical (unpaired) electrons. The van der Waals surface area contributed by atoms with E-state index in [1.807, 2.05) is 0 Å². The van der Waals surface area contributed by atoms with Crippen LogP contribution < -0.4 is 16.4 Å². The van der Waals surface area contributed by atoms with E-state index in [9.17, 15) is 14.7 Å². The third kappa shape index (κ3) is 2.28. The van der Waals surface area contributed by atoms with Gasteiger partial charge in [0.1, 0.15) is 0 Å². The van der Waals surface area contributed by atoms with E-state index in [0.29, 0.717) is 29.5 Å². The Morgan fingerprint density at radius 1 is 1.12 bits per heavy atom. The zero-order chi connectivity index (χ0) is 17.1. The first-order valence-corrected chi connectivity index (χ1v) is 8.52. The third-order valence-corrected chi connectivity index (χ3v) is 6.08. The van der Waals surface area contributed by atoms with Gasteiger partial charge in [-0.25, -0.2) is 4.79 Å². The summed E-state index contributed by atoms with van der Waals surface area (Å²) < 4.78 is 0. The number of anilines is 1. The summed E-state index contributed by atoms with van der Waals surface area (Å²) >= 11 is 0. The Balaban J connectivity index is 1.78. The van der Waals surface area contributed by atoms with Crippen LogP contribution in [0.25, 0.3) is 0 Å². The van der Waals surface area contributed by atoms with Gasteiger partial charge >= 0.3 is 6.03 Å². The van der Waals surface area contributed by atoms with Gasteiger partial charge in [0.15, 0.2) is 0 Å². The highest BCUT2D eigenvalue weighted by molar-refractivity contribution is 5.97. The fourth-order valence-corrected chi connectivity index (χ4v) is 5.86. The quantitative estimate of drug-likeness (QED) is 0.786. The second-order valence-corrected chi connectivity index (χ2v) is 8.00. The number of benzene rings is 1. The van der Waals surface area contributed by atoms with Crippen molar-refractivity contribution in [1.29, 1.82) is 0 Å². The van der Waals surface area contributed by atoms with Crippen LogP contribution in [0.5, 0.6) is 0 Å². The monoisotopic (exact) mass is 329 g/mol. The molecule has 24 heavy (non-hydrogen) atoms. The number of urea groups is 1. The smallest absolute Gasteiger partial charge is 0.319 e. The van der Waals surface area contributed by atoms with Crippen molar-refractivity contribution < 1.29 is 14.7 Å². The SMILES string of the molecule is NC(=O)c1cccc(N(C(N)=O)C23CC4CC(CC(O)(C4)C2)C3)c1. The molecule has 2 unspecified atom stereocenters. The first-order valence-electron chi connectivity index (χ1n) is 8.52. The summed E-state index contributed by atoms with van der Waals surface area (Å²) in [6.45, 7) is 0. The normalized spacial score (nSPS) is 36.5. The fourth-order valence-electron chi connectivity index (χ4n) is 5.86. The Hall–Kier alpha value is -2.08. The molecule has 0 spiro atoms. The van der Waals surface area contributed by atoms with Crippen LogP contribution in [0.3, 0.4) is 0 Å². The largest absolute Gasteiger partial charge is 0.390 e. The molecule has 4 fully saturated rings. The minimum atomic E-state index is -0.695. The van der Waals surface area contributed by atoms with Crippen molar-refractivity contribution in [3.63, 3.8) is 0 Å². The van der Waals surface area contributed by atoms with E-state index in [1.165, 1.54) is 0 Å². The van der Waals surface area contributed by atoms with E-state index in [-0.39, 0.29) is 0 Å². The van der Waals surface area contributed by atoms with Crippen molar-refractivity contribution in [3.05, 3.63) is 29.8 Å². The van der Waals surface area contributed by atoms with Crippen LogP contribution in [-0.4, -0.2) is 28.2 Å².